The standard InChI is InChI=1S/C20H22ClN3O2S2/c1-28(25,26)23-12-5-13-27-20-22-14-19(17-8-10-18(21)11-9-17)24(20)15-16-6-3-2-4-7-16/h2-4,6-11,14,23H,5,12-13,15H2,1H3. The zero-order valence-electron chi connectivity index (χ0n) is 15.5. The van der Waals surface area contributed by atoms with Gasteiger partial charge in [0.2, 0.25) is 10.0 Å². The van der Waals surface area contributed by atoms with Gasteiger partial charge in [-0.3, -0.25) is 0 Å². The molecule has 3 aromatic rings. The van der Waals surface area contributed by atoms with Gasteiger partial charge in [-0.25, -0.2) is 18.1 Å². The highest BCUT2D eigenvalue weighted by atomic mass is 35.5. The Labute approximate surface area is 175 Å². The van der Waals surface area contributed by atoms with E-state index in [0.717, 1.165) is 28.6 Å². The molecule has 28 heavy (non-hydrogen) atoms. The molecule has 0 radical (unpaired) electrons. The molecule has 1 N–H and O–H groups in total. The van der Waals surface area contributed by atoms with Crippen LogP contribution in [-0.2, 0) is 16.6 Å². The molecule has 148 valence electrons. The van der Waals surface area contributed by atoms with Gasteiger partial charge in [-0.15, -0.1) is 0 Å². The maximum atomic E-state index is 11.2. The number of nitrogens with zero attached hydrogens (tertiary/aromatic N) is 2. The number of nitrogens with one attached hydrogen (secondary N) is 1. The Balaban J connectivity index is 1.78. The Morgan fingerprint density at radius 2 is 1.82 bits per heavy atom. The minimum Gasteiger partial charge on any atom is -0.314 e. The van der Waals surface area contributed by atoms with Gasteiger partial charge < -0.3 is 4.57 Å². The molecular weight excluding hydrogens is 414 g/mol. The van der Waals surface area contributed by atoms with Gasteiger partial charge in [-0.1, -0.05) is 65.8 Å². The summed E-state index contributed by atoms with van der Waals surface area (Å²) in [7, 11) is -3.14. The first kappa shape index (κ1) is 20.9. The molecule has 0 aliphatic heterocycles. The quantitative estimate of drug-likeness (QED) is 0.402. The van der Waals surface area contributed by atoms with Crippen molar-refractivity contribution in [3.8, 4) is 11.3 Å². The molecule has 1 heterocycles. The highest BCUT2D eigenvalue weighted by molar-refractivity contribution is 7.99. The minimum atomic E-state index is -3.14. The maximum Gasteiger partial charge on any atom is 0.208 e. The number of halogens is 1. The number of benzene rings is 2. The van der Waals surface area contributed by atoms with Crippen molar-refractivity contribution >= 4 is 33.4 Å². The van der Waals surface area contributed by atoms with Crippen molar-refractivity contribution in [2.45, 2.75) is 18.1 Å². The molecule has 8 heteroatoms. The zero-order chi connectivity index (χ0) is 20.0. The Morgan fingerprint density at radius 3 is 2.50 bits per heavy atom. The molecule has 0 aliphatic carbocycles. The second-order valence-corrected chi connectivity index (χ2v) is 9.70. The van der Waals surface area contributed by atoms with Crippen molar-refractivity contribution in [3.63, 3.8) is 0 Å². The van der Waals surface area contributed by atoms with E-state index in [4.69, 9.17) is 11.6 Å². The van der Waals surface area contributed by atoms with E-state index in [1.807, 2.05) is 48.7 Å². The molecule has 0 aliphatic rings. The lowest BCUT2D eigenvalue weighted by Crippen LogP contribution is -2.23. The fourth-order valence-electron chi connectivity index (χ4n) is 2.74. The third kappa shape index (κ3) is 6.10. The van der Waals surface area contributed by atoms with E-state index in [1.54, 1.807) is 11.8 Å². The summed E-state index contributed by atoms with van der Waals surface area (Å²) in [5, 5.41) is 1.61. The second kappa shape index (κ2) is 9.60. The van der Waals surface area contributed by atoms with E-state index in [9.17, 15) is 8.42 Å². The maximum absolute atomic E-state index is 11.2. The first-order valence-electron chi connectivity index (χ1n) is 8.85. The Kier molecular flexibility index (Phi) is 7.18. The van der Waals surface area contributed by atoms with Crippen molar-refractivity contribution in [1.29, 1.82) is 0 Å². The minimum absolute atomic E-state index is 0.426. The molecule has 0 fully saturated rings. The van der Waals surface area contributed by atoms with Gasteiger partial charge in [0.1, 0.15) is 0 Å². The van der Waals surface area contributed by atoms with E-state index >= 15 is 0 Å². The van der Waals surface area contributed by atoms with Crippen molar-refractivity contribution in [2.75, 3.05) is 18.6 Å². The summed E-state index contributed by atoms with van der Waals surface area (Å²) in [6.07, 6.45) is 3.78. The van der Waals surface area contributed by atoms with Crippen molar-refractivity contribution in [1.82, 2.24) is 14.3 Å². The van der Waals surface area contributed by atoms with Gasteiger partial charge in [0.15, 0.2) is 5.16 Å². The summed E-state index contributed by atoms with van der Waals surface area (Å²) in [4.78, 5) is 4.61. The predicted octanol–water partition coefficient (Wildman–Crippen LogP) is 4.28. The van der Waals surface area contributed by atoms with Crippen LogP contribution in [-0.4, -0.2) is 36.5 Å². The van der Waals surface area contributed by atoms with Crippen LogP contribution in [0.1, 0.15) is 12.0 Å². The Morgan fingerprint density at radius 1 is 1.11 bits per heavy atom. The first-order valence-corrected chi connectivity index (χ1v) is 12.1. The number of thioether (sulfide) groups is 1. The molecule has 5 nitrogen and oxygen atoms in total. The molecule has 0 bridgehead atoms. The average Bonchev–Trinajstić information content (AvgIpc) is 3.04. The molecule has 1 aromatic heterocycles. The van der Waals surface area contributed by atoms with Crippen LogP contribution in [0.5, 0.6) is 0 Å². The SMILES string of the molecule is CS(=O)(=O)NCCCSc1ncc(-c2ccc(Cl)cc2)n1Cc1ccccc1. The van der Waals surface area contributed by atoms with Crippen LogP contribution in [0.2, 0.25) is 5.02 Å². The lowest BCUT2D eigenvalue weighted by molar-refractivity contribution is 0.587. The monoisotopic (exact) mass is 435 g/mol. The summed E-state index contributed by atoms with van der Waals surface area (Å²) in [5.41, 5.74) is 3.27. The topological polar surface area (TPSA) is 64.0 Å². The molecular formula is C20H22ClN3O2S2. The lowest BCUT2D eigenvalue weighted by Gasteiger charge is -2.12. The van der Waals surface area contributed by atoms with Crippen LogP contribution in [0.4, 0.5) is 0 Å². The number of sulfonamides is 1. The van der Waals surface area contributed by atoms with Gasteiger partial charge in [-0.05, 0) is 29.7 Å². The van der Waals surface area contributed by atoms with Crippen LogP contribution in [0.3, 0.4) is 0 Å². The molecule has 3 rings (SSSR count). The van der Waals surface area contributed by atoms with Gasteiger partial charge in [-0.2, -0.15) is 0 Å². The fraction of sp³-hybridized carbons (Fsp3) is 0.250. The number of rotatable bonds is 9. The molecule has 0 amide bonds. The predicted molar refractivity (Wildman–Crippen MR) is 116 cm³/mol. The summed E-state index contributed by atoms with van der Waals surface area (Å²) in [6, 6.07) is 18.0. The van der Waals surface area contributed by atoms with Crippen molar-refractivity contribution < 1.29 is 8.42 Å². The highest BCUT2D eigenvalue weighted by Gasteiger charge is 2.13. The highest BCUT2D eigenvalue weighted by Crippen LogP contribution is 2.28. The second-order valence-electron chi connectivity index (χ2n) is 6.37. The van der Waals surface area contributed by atoms with Gasteiger partial charge >= 0.3 is 0 Å². The Bertz CT molecular complexity index is 1000. The normalized spacial score (nSPS) is 11.6. The number of hydrogen-bond donors (Lipinski definition) is 1. The van der Waals surface area contributed by atoms with E-state index < -0.39 is 10.0 Å². The zero-order valence-corrected chi connectivity index (χ0v) is 17.9. The third-order valence-corrected chi connectivity index (χ3v) is 6.12. The molecule has 0 saturated heterocycles. The molecule has 0 spiro atoms. The molecule has 0 atom stereocenters. The van der Waals surface area contributed by atoms with Gasteiger partial charge in [0, 0.05) is 17.3 Å². The Hall–Kier alpha value is -1.80. The largest absolute Gasteiger partial charge is 0.314 e. The average molecular weight is 436 g/mol. The van der Waals surface area contributed by atoms with Crippen LogP contribution in [0.15, 0.2) is 66.0 Å². The fourth-order valence-corrected chi connectivity index (χ4v) is 4.30. The smallest absolute Gasteiger partial charge is 0.208 e. The van der Waals surface area contributed by atoms with Crippen LogP contribution < -0.4 is 4.72 Å². The summed E-state index contributed by atoms with van der Waals surface area (Å²) in [6.45, 7) is 1.14. The summed E-state index contributed by atoms with van der Waals surface area (Å²) >= 11 is 7.66. The van der Waals surface area contributed by atoms with Crippen LogP contribution in [0, 0.1) is 0 Å². The van der Waals surface area contributed by atoms with Crippen molar-refractivity contribution in [3.05, 3.63) is 71.4 Å². The number of aromatic nitrogens is 2. The van der Waals surface area contributed by atoms with Gasteiger partial charge in [0.05, 0.1) is 24.7 Å². The number of imidazole rings is 1. The first-order chi connectivity index (χ1) is 13.4. The third-order valence-electron chi connectivity index (χ3n) is 4.06. The van der Waals surface area contributed by atoms with Crippen molar-refractivity contribution in [2.24, 2.45) is 0 Å². The van der Waals surface area contributed by atoms with Crippen LogP contribution in [0.25, 0.3) is 11.3 Å². The van der Waals surface area contributed by atoms with E-state index in [0.29, 0.717) is 18.1 Å². The van der Waals surface area contributed by atoms with Gasteiger partial charge in [0.25, 0.3) is 0 Å². The molecule has 0 unspecified atom stereocenters. The molecule has 2 aromatic carbocycles. The summed E-state index contributed by atoms with van der Waals surface area (Å²) in [5.74, 6) is 0.772. The molecule has 0 saturated carbocycles. The van der Waals surface area contributed by atoms with Crippen LogP contribution >= 0.6 is 23.4 Å². The van der Waals surface area contributed by atoms with E-state index in [2.05, 4.69) is 26.4 Å². The lowest BCUT2D eigenvalue weighted by atomic mass is 10.1. The summed E-state index contributed by atoms with van der Waals surface area (Å²) < 4.78 is 27.0. The van der Waals surface area contributed by atoms with E-state index in [1.165, 1.54) is 11.8 Å². The van der Waals surface area contributed by atoms with E-state index in [-0.39, 0.29) is 0 Å². The number of hydrogen-bond acceptors (Lipinski definition) is 4.